The highest BCUT2D eigenvalue weighted by Crippen LogP contribution is 2.31. The van der Waals surface area contributed by atoms with Crippen molar-refractivity contribution < 1.29 is 4.79 Å². The largest absolute Gasteiger partial charge is 0.339 e. The molecule has 2 aliphatic heterocycles. The fourth-order valence-electron chi connectivity index (χ4n) is 4.73. The molecular formula is C25H30N2O. The third-order valence-electron chi connectivity index (χ3n) is 6.14. The summed E-state index contributed by atoms with van der Waals surface area (Å²) < 4.78 is 0. The van der Waals surface area contributed by atoms with Gasteiger partial charge in [0.05, 0.1) is 6.42 Å². The Labute approximate surface area is 168 Å². The number of piperidine rings is 2. The first-order valence-corrected chi connectivity index (χ1v) is 10.6. The Morgan fingerprint density at radius 3 is 2.50 bits per heavy atom. The molecule has 3 nitrogen and oxygen atoms in total. The van der Waals surface area contributed by atoms with Crippen LogP contribution in [0.2, 0.25) is 0 Å². The molecule has 0 N–H and O–H groups in total. The molecular weight excluding hydrogens is 344 g/mol. The summed E-state index contributed by atoms with van der Waals surface area (Å²) in [5.74, 6) is 0.922. The minimum atomic E-state index is 0.304. The number of fused-ring (bicyclic) bond motifs is 1. The SMILES string of the molecule is O=C(Cc1ccccc1)N1CCC[C@@H]2CN(C/C=C/c3ccccc3)CC[C@H]21. The molecule has 2 heterocycles. The van der Waals surface area contributed by atoms with Crippen LogP contribution in [0.15, 0.2) is 66.7 Å². The molecule has 4 rings (SSSR count). The van der Waals surface area contributed by atoms with E-state index in [1.807, 2.05) is 18.2 Å². The van der Waals surface area contributed by atoms with Crippen LogP contribution in [0.4, 0.5) is 0 Å². The van der Waals surface area contributed by atoms with Crippen molar-refractivity contribution in [2.24, 2.45) is 5.92 Å². The maximum atomic E-state index is 12.9. The predicted molar refractivity (Wildman–Crippen MR) is 115 cm³/mol. The summed E-state index contributed by atoms with van der Waals surface area (Å²) in [6.45, 7) is 4.12. The molecule has 2 atom stereocenters. The van der Waals surface area contributed by atoms with Gasteiger partial charge in [0.15, 0.2) is 0 Å². The van der Waals surface area contributed by atoms with Gasteiger partial charge in [-0.2, -0.15) is 0 Å². The van der Waals surface area contributed by atoms with Crippen LogP contribution in [-0.2, 0) is 11.2 Å². The van der Waals surface area contributed by atoms with Gasteiger partial charge < -0.3 is 4.90 Å². The zero-order valence-corrected chi connectivity index (χ0v) is 16.5. The Balaban J connectivity index is 1.32. The smallest absolute Gasteiger partial charge is 0.227 e. The van der Waals surface area contributed by atoms with Gasteiger partial charge in [-0.1, -0.05) is 72.8 Å². The van der Waals surface area contributed by atoms with Crippen LogP contribution in [0, 0.1) is 5.92 Å². The van der Waals surface area contributed by atoms with Crippen LogP contribution in [0.3, 0.4) is 0 Å². The van der Waals surface area contributed by atoms with Crippen LogP contribution in [-0.4, -0.2) is 47.9 Å². The van der Waals surface area contributed by atoms with E-state index < -0.39 is 0 Å². The average Bonchev–Trinajstić information content (AvgIpc) is 2.74. The molecule has 0 aliphatic carbocycles. The van der Waals surface area contributed by atoms with Crippen molar-refractivity contribution in [3.63, 3.8) is 0 Å². The molecule has 28 heavy (non-hydrogen) atoms. The zero-order valence-electron chi connectivity index (χ0n) is 16.5. The summed E-state index contributed by atoms with van der Waals surface area (Å²) >= 11 is 0. The molecule has 2 fully saturated rings. The van der Waals surface area contributed by atoms with Gasteiger partial charge in [-0.25, -0.2) is 0 Å². The molecule has 0 unspecified atom stereocenters. The van der Waals surface area contributed by atoms with Crippen LogP contribution in [0.25, 0.3) is 6.08 Å². The van der Waals surface area contributed by atoms with Gasteiger partial charge in [0, 0.05) is 32.2 Å². The molecule has 0 saturated carbocycles. The minimum absolute atomic E-state index is 0.304. The first-order valence-electron chi connectivity index (χ1n) is 10.6. The summed E-state index contributed by atoms with van der Waals surface area (Å²) in [5.41, 5.74) is 2.38. The number of rotatable bonds is 5. The number of benzene rings is 2. The minimum Gasteiger partial charge on any atom is -0.339 e. The van der Waals surface area contributed by atoms with Gasteiger partial charge in [-0.15, -0.1) is 0 Å². The Morgan fingerprint density at radius 1 is 0.964 bits per heavy atom. The number of carbonyl (C=O) groups excluding carboxylic acids is 1. The molecule has 1 amide bonds. The molecule has 2 saturated heterocycles. The summed E-state index contributed by atoms with van der Waals surface area (Å²) in [5, 5.41) is 0. The van der Waals surface area contributed by atoms with E-state index in [4.69, 9.17) is 0 Å². The Morgan fingerprint density at radius 2 is 1.71 bits per heavy atom. The Bertz CT molecular complexity index is 787. The van der Waals surface area contributed by atoms with Crippen molar-refractivity contribution in [1.29, 1.82) is 0 Å². The lowest BCUT2D eigenvalue weighted by Crippen LogP contribution is -2.56. The maximum Gasteiger partial charge on any atom is 0.227 e. The van der Waals surface area contributed by atoms with Gasteiger partial charge in [-0.3, -0.25) is 9.69 Å². The second kappa shape index (κ2) is 9.20. The molecule has 3 heteroatoms. The fraction of sp³-hybridized carbons (Fsp3) is 0.400. The molecule has 0 aromatic heterocycles. The van der Waals surface area contributed by atoms with E-state index in [0.29, 0.717) is 24.3 Å². The lowest BCUT2D eigenvalue weighted by molar-refractivity contribution is -0.137. The summed E-state index contributed by atoms with van der Waals surface area (Å²) in [6, 6.07) is 21.1. The number of likely N-dealkylation sites (tertiary alicyclic amines) is 2. The fourth-order valence-corrected chi connectivity index (χ4v) is 4.73. The number of carbonyl (C=O) groups is 1. The van der Waals surface area contributed by atoms with Crippen molar-refractivity contribution in [3.05, 3.63) is 77.9 Å². The standard InChI is InChI=1S/C25H30N2O/c28-25(19-22-11-5-2-6-12-22)27-17-8-14-23-20-26(18-15-24(23)27)16-7-13-21-9-3-1-4-10-21/h1-7,9-13,23-24H,8,14-20H2/b13-7+/t23-,24-/m1/s1. The number of amides is 1. The van der Waals surface area contributed by atoms with Crippen molar-refractivity contribution in [2.45, 2.75) is 31.7 Å². The van der Waals surface area contributed by atoms with Gasteiger partial charge in [-0.05, 0) is 36.3 Å². The van der Waals surface area contributed by atoms with Crippen LogP contribution >= 0.6 is 0 Å². The first kappa shape index (κ1) is 18.9. The molecule has 146 valence electrons. The highest BCUT2D eigenvalue weighted by atomic mass is 16.2. The number of hydrogen-bond acceptors (Lipinski definition) is 2. The zero-order chi connectivity index (χ0) is 19.2. The quantitative estimate of drug-likeness (QED) is 0.781. The van der Waals surface area contributed by atoms with Gasteiger partial charge in [0.2, 0.25) is 5.91 Å². The van der Waals surface area contributed by atoms with Crippen LogP contribution < -0.4 is 0 Å². The van der Waals surface area contributed by atoms with Crippen LogP contribution in [0.1, 0.15) is 30.4 Å². The average molecular weight is 375 g/mol. The van der Waals surface area contributed by atoms with Gasteiger partial charge in [0.25, 0.3) is 0 Å². The second-order valence-electron chi connectivity index (χ2n) is 8.08. The van der Waals surface area contributed by atoms with Crippen molar-refractivity contribution in [1.82, 2.24) is 9.80 Å². The van der Waals surface area contributed by atoms with E-state index in [9.17, 15) is 4.79 Å². The predicted octanol–water partition coefficient (Wildman–Crippen LogP) is 4.26. The topological polar surface area (TPSA) is 23.6 Å². The van der Waals surface area contributed by atoms with Crippen molar-refractivity contribution in [2.75, 3.05) is 26.2 Å². The molecule has 2 aliphatic rings. The molecule has 2 aromatic carbocycles. The lowest BCUT2D eigenvalue weighted by Gasteiger charge is -2.47. The molecule has 2 aromatic rings. The van der Waals surface area contributed by atoms with Crippen LogP contribution in [0.5, 0.6) is 0 Å². The monoisotopic (exact) mass is 374 g/mol. The third-order valence-corrected chi connectivity index (χ3v) is 6.14. The Hall–Kier alpha value is -2.39. The van der Waals surface area contributed by atoms with Crippen molar-refractivity contribution >= 4 is 12.0 Å². The third kappa shape index (κ3) is 4.71. The lowest BCUT2D eigenvalue weighted by atomic mass is 9.83. The second-order valence-corrected chi connectivity index (χ2v) is 8.08. The van der Waals surface area contributed by atoms with E-state index in [-0.39, 0.29) is 0 Å². The van der Waals surface area contributed by atoms with E-state index in [1.165, 1.54) is 12.0 Å². The number of hydrogen-bond donors (Lipinski definition) is 0. The van der Waals surface area contributed by atoms with Crippen molar-refractivity contribution in [3.8, 4) is 0 Å². The van der Waals surface area contributed by atoms with E-state index in [2.05, 4.69) is 64.4 Å². The van der Waals surface area contributed by atoms with E-state index in [1.54, 1.807) is 0 Å². The van der Waals surface area contributed by atoms with Gasteiger partial charge >= 0.3 is 0 Å². The highest BCUT2D eigenvalue weighted by molar-refractivity contribution is 5.79. The Kier molecular flexibility index (Phi) is 6.23. The van der Waals surface area contributed by atoms with E-state index in [0.717, 1.165) is 44.6 Å². The summed E-state index contributed by atoms with van der Waals surface area (Å²) in [7, 11) is 0. The van der Waals surface area contributed by atoms with Gasteiger partial charge in [0.1, 0.15) is 0 Å². The molecule has 0 radical (unpaired) electrons. The summed E-state index contributed by atoms with van der Waals surface area (Å²) in [4.78, 5) is 17.7. The normalized spacial score (nSPS) is 22.9. The number of nitrogens with zero attached hydrogens (tertiary/aromatic N) is 2. The highest BCUT2D eigenvalue weighted by Gasteiger charge is 2.37. The summed E-state index contributed by atoms with van der Waals surface area (Å²) in [6.07, 6.45) is 8.51. The first-order chi connectivity index (χ1) is 13.8. The van der Waals surface area contributed by atoms with E-state index >= 15 is 0 Å². The maximum absolute atomic E-state index is 12.9. The molecule has 0 bridgehead atoms. The molecule has 0 spiro atoms.